The Bertz CT molecular complexity index is 641. The summed E-state index contributed by atoms with van der Waals surface area (Å²) in [6.07, 6.45) is 3.01. The van der Waals surface area contributed by atoms with E-state index in [1.165, 1.54) is 0 Å². The van der Waals surface area contributed by atoms with Crippen molar-refractivity contribution in [3.05, 3.63) is 35.4 Å². The minimum atomic E-state index is -0.269. The molecule has 1 saturated carbocycles. The molecule has 1 aromatic carbocycles. The average molecular weight is 295 g/mol. The van der Waals surface area contributed by atoms with Gasteiger partial charge in [0.2, 0.25) is 0 Å². The first kappa shape index (κ1) is 13.8. The molecule has 114 valence electrons. The van der Waals surface area contributed by atoms with Crippen LogP contribution in [0.5, 0.6) is 0 Å². The summed E-state index contributed by atoms with van der Waals surface area (Å²) in [6.45, 7) is 2.98. The molecule has 0 radical (unpaired) electrons. The zero-order chi connectivity index (χ0) is 15.3. The molecular weight excluding hydrogens is 274 g/mol. The van der Waals surface area contributed by atoms with Crippen molar-refractivity contribution in [2.45, 2.75) is 30.7 Å². The quantitative estimate of drug-likeness (QED) is 0.838. The Morgan fingerprint density at radius 3 is 2.64 bits per heavy atom. The predicted molar refractivity (Wildman–Crippen MR) is 83.4 cm³/mol. The molecule has 3 aliphatic rings. The summed E-state index contributed by atoms with van der Waals surface area (Å²) in [5.41, 5.74) is 1.55. The van der Waals surface area contributed by atoms with Crippen molar-refractivity contribution in [3.63, 3.8) is 0 Å². The number of hydrogen-bond donors (Lipinski definition) is 0. The summed E-state index contributed by atoms with van der Waals surface area (Å²) in [7, 11) is 2.13. The first-order valence-electron chi connectivity index (χ1n) is 8.14. The molecule has 22 heavy (non-hydrogen) atoms. The summed E-state index contributed by atoms with van der Waals surface area (Å²) in [6, 6.07) is 10.5. The van der Waals surface area contributed by atoms with Crippen molar-refractivity contribution < 1.29 is 4.79 Å². The molecule has 3 fully saturated rings. The number of rotatable bonds is 2. The van der Waals surface area contributed by atoms with Crippen molar-refractivity contribution in [1.82, 2.24) is 9.80 Å². The Labute approximate surface area is 131 Å². The van der Waals surface area contributed by atoms with Gasteiger partial charge in [-0.05, 0) is 49.9 Å². The summed E-state index contributed by atoms with van der Waals surface area (Å²) >= 11 is 0. The van der Waals surface area contributed by atoms with E-state index in [1.54, 1.807) is 0 Å². The molecule has 4 nitrogen and oxygen atoms in total. The van der Waals surface area contributed by atoms with Gasteiger partial charge < -0.3 is 9.80 Å². The summed E-state index contributed by atoms with van der Waals surface area (Å²) < 4.78 is 0. The Morgan fingerprint density at radius 1 is 1.27 bits per heavy atom. The Morgan fingerprint density at radius 2 is 2.00 bits per heavy atom. The van der Waals surface area contributed by atoms with Crippen molar-refractivity contribution in [2.24, 2.45) is 5.92 Å². The highest BCUT2D eigenvalue weighted by Crippen LogP contribution is 2.47. The van der Waals surface area contributed by atoms with Gasteiger partial charge in [-0.25, -0.2) is 0 Å². The third-order valence-corrected chi connectivity index (χ3v) is 5.64. The van der Waals surface area contributed by atoms with Crippen molar-refractivity contribution in [3.8, 4) is 6.07 Å². The van der Waals surface area contributed by atoms with E-state index in [0.717, 1.165) is 50.0 Å². The highest BCUT2D eigenvalue weighted by Gasteiger charge is 2.45. The third-order valence-electron chi connectivity index (χ3n) is 5.64. The molecule has 0 N–H and O–H groups in total. The van der Waals surface area contributed by atoms with Crippen LogP contribution in [0.15, 0.2) is 24.3 Å². The van der Waals surface area contributed by atoms with Gasteiger partial charge in [0, 0.05) is 31.2 Å². The normalized spacial score (nSPS) is 29.2. The van der Waals surface area contributed by atoms with E-state index in [-0.39, 0.29) is 11.3 Å². The maximum atomic E-state index is 12.8. The molecule has 4 rings (SSSR count). The average Bonchev–Trinajstić information content (AvgIpc) is 3.12. The molecule has 1 aromatic rings. The molecule has 1 amide bonds. The minimum Gasteiger partial charge on any atom is -0.334 e. The monoisotopic (exact) mass is 295 g/mol. The SMILES string of the molecule is CN1CC2CCN(C(=O)c3ccc(C4(C#N)CC4)cc3)C2C1. The Balaban J connectivity index is 1.53. The summed E-state index contributed by atoms with van der Waals surface area (Å²) in [4.78, 5) is 17.2. The fourth-order valence-corrected chi connectivity index (χ4v) is 4.11. The Hall–Kier alpha value is -1.86. The van der Waals surface area contributed by atoms with E-state index in [1.807, 2.05) is 24.3 Å². The van der Waals surface area contributed by atoms with Crippen LogP contribution < -0.4 is 0 Å². The lowest BCUT2D eigenvalue weighted by Gasteiger charge is -2.24. The predicted octanol–water partition coefficient (Wildman–Crippen LogP) is 2.02. The number of likely N-dealkylation sites (N-methyl/N-ethyl adjacent to an activating group) is 1. The van der Waals surface area contributed by atoms with Gasteiger partial charge in [-0.3, -0.25) is 4.79 Å². The highest BCUT2D eigenvalue weighted by atomic mass is 16.2. The van der Waals surface area contributed by atoms with E-state index >= 15 is 0 Å². The maximum Gasteiger partial charge on any atom is 0.254 e. The standard InChI is InChI=1S/C18H21N3O/c1-20-10-14-6-9-21(16(14)11-20)17(22)13-2-4-15(5-3-13)18(12-19)7-8-18/h2-5,14,16H,6-11H2,1H3. The Kier molecular flexibility index (Phi) is 3.02. The molecule has 2 saturated heterocycles. The number of likely N-dealkylation sites (tertiary alicyclic amines) is 2. The third kappa shape index (κ3) is 2.04. The molecule has 0 spiro atoms. The number of nitriles is 1. The van der Waals surface area contributed by atoms with Crippen molar-refractivity contribution in [1.29, 1.82) is 5.26 Å². The number of benzene rings is 1. The van der Waals surface area contributed by atoms with E-state index in [9.17, 15) is 10.1 Å². The van der Waals surface area contributed by atoms with E-state index in [2.05, 4.69) is 22.9 Å². The molecule has 0 bridgehead atoms. The lowest BCUT2D eigenvalue weighted by molar-refractivity contribution is 0.0729. The number of hydrogen-bond acceptors (Lipinski definition) is 3. The lowest BCUT2D eigenvalue weighted by atomic mass is 9.96. The molecular formula is C18H21N3O. The highest BCUT2D eigenvalue weighted by molar-refractivity contribution is 5.94. The van der Waals surface area contributed by atoms with E-state index in [0.29, 0.717) is 12.0 Å². The van der Waals surface area contributed by atoms with Crippen LogP contribution in [-0.2, 0) is 5.41 Å². The largest absolute Gasteiger partial charge is 0.334 e. The van der Waals surface area contributed by atoms with Gasteiger partial charge in [0.05, 0.1) is 11.5 Å². The van der Waals surface area contributed by atoms with Crippen LogP contribution >= 0.6 is 0 Å². The van der Waals surface area contributed by atoms with Gasteiger partial charge in [0.25, 0.3) is 5.91 Å². The number of nitrogens with zero attached hydrogens (tertiary/aromatic N) is 3. The fourth-order valence-electron chi connectivity index (χ4n) is 4.11. The second-order valence-electron chi connectivity index (χ2n) is 7.11. The van der Waals surface area contributed by atoms with Crippen LogP contribution in [0.3, 0.4) is 0 Å². The van der Waals surface area contributed by atoms with Gasteiger partial charge >= 0.3 is 0 Å². The molecule has 2 atom stereocenters. The summed E-state index contributed by atoms with van der Waals surface area (Å²) in [5.74, 6) is 0.790. The van der Waals surface area contributed by atoms with Crippen molar-refractivity contribution in [2.75, 3.05) is 26.7 Å². The zero-order valence-corrected chi connectivity index (χ0v) is 13.0. The number of carbonyl (C=O) groups excluding carboxylic acids is 1. The smallest absolute Gasteiger partial charge is 0.254 e. The maximum absolute atomic E-state index is 12.8. The number of carbonyl (C=O) groups is 1. The minimum absolute atomic E-state index is 0.149. The van der Waals surface area contributed by atoms with Crippen LogP contribution in [0.1, 0.15) is 35.2 Å². The van der Waals surface area contributed by atoms with E-state index in [4.69, 9.17) is 0 Å². The van der Waals surface area contributed by atoms with E-state index < -0.39 is 0 Å². The topological polar surface area (TPSA) is 47.3 Å². The fraction of sp³-hybridized carbons (Fsp3) is 0.556. The number of fused-ring (bicyclic) bond motifs is 1. The van der Waals surface area contributed by atoms with Crippen LogP contribution in [0, 0.1) is 17.2 Å². The summed E-state index contributed by atoms with van der Waals surface area (Å²) in [5, 5.41) is 9.26. The van der Waals surface area contributed by atoms with Crippen LogP contribution in [0.4, 0.5) is 0 Å². The van der Waals surface area contributed by atoms with Gasteiger partial charge in [-0.1, -0.05) is 12.1 Å². The molecule has 1 aliphatic carbocycles. The second kappa shape index (κ2) is 4.82. The first-order chi connectivity index (χ1) is 10.6. The number of amides is 1. The molecule has 2 aliphatic heterocycles. The second-order valence-corrected chi connectivity index (χ2v) is 7.11. The zero-order valence-electron chi connectivity index (χ0n) is 13.0. The first-order valence-corrected chi connectivity index (χ1v) is 8.14. The van der Waals surface area contributed by atoms with Gasteiger partial charge in [-0.2, -0.15) is 5.26 Å². The van der Waals surface area contributed by atoms with Crippen molar-refractivity contribution >= 4 is 5.91 Å². The van der Waals surface area contributed by atoms with Gasteiger partial charge in [0.1, 0.15) is 0 Å². The molecule has 0 aromatic heterocycles. The molecule has 2 heterocycles. The van der Waals surface area contributed by atoms with Gasteiger partial charge in [0.15, 0.2) is 0 Å². The van der Waals surface area contributed by atoms with Gasteiger partial charge in [-0.15, -0.1) is 0 Å². The van der Waals surface area contributed by atoms with Crippen LogP contribution in [0.25, 0.3) is 0 Å². The molecule has 4 heteroatoms. The molecule has 2 unspecified atom stereocenters. The van der Waals surface area contributed by atoms with Crippen LogP contribution in [-0.4, -0.2) is 48.4 Å². The lowest BCUT2D eigenvalue weighted by Crippen LogP contribution is -2.39. The van der Waals surface area contributed by atoms with Crippen LogP contribution in [0.2, 0.25) is 0 Å².